The van der Waals surface area contributed by atoms with Crippen molar-refractivity contribution < 1.29 is 10.2 Å². The smallest absolute Gasteiger partial charge is 0.132 e. The lowest BCUT2D eigenvalue weighted by molar-refractivity contribution is 0.390. The predicted octanol–water partition coefficient (Wildman–Crippen LogP) is 10.6. The Hall–Kier alpha value is -5.74. The molecule has 48 heavy (non-hydrogen) atoms. The van der Waals surface area contributed by atoms with Crippen molar-refractivity contribution in [2.75, 3.05) is 0 Å². The number of aromatic hydroxyl groups is 2. The van der Waals surface area contributed by atoms with Crippen LogP contribution in [-0.2, 0) is 0 Å². The Morgan fingerprint density at radius 2 is 0.750 bits per heavy atom. The Morgan fingerprint density at radius 1 is 0.417 bits per heavy atom. The molecule has 2 N–H and O–H groups in total. The number of rotatable bonds is 8. The zero-order valence-electron chi connectivity index (χ0n) is 26.8. The van der Waals surface area contributed by atoms with Crippen molar-refractivity contribution in [2.45, 2.75) is 37.8 Å². The van der Waals surface area contributed by atoms with Gasteiger partial charge in [0.1, 0.15) is 11.5 Å². The van der Waals surface area contributed by atoms with Crippen molar-refractivity contribution in [3.63, 3.8) is 0 Å². The fraction of sp³-hybridized carbons (Fsp3) is 0.136. The van der Waals surface area contributed by atoms with Gasteiger partial charge < -0.3 is 10.2 Å². The highest BCUT2D eigenvalue weighted by molar-refractivity contribution is 5.93. The van der Waals surface area contributed by atoms with Gasteiger partial charge in [-0.15, -0.1) is 0 Å². The molecule has 1 aliphatic carbocycles. The maximum atomic E-state index is 11.5. The lowest BCUT2D eigenvalue weighted by Crippen LogP contribution is -2.27. The summed E-state index contributed by atoms with van der Waals surface area (Å²) in [7, 11) is 0. The minimum Gasteiger partial charge on any atom is -0.507 e. The largest absolute Gasteiger partial charge is 0.507 e. The van der Waals surface area contributed by atoms with E-state index in [1.807, 2.05) is 134 Å². The van der Waals surface area contributed by atoms with Crippen LogP contribution in [0.5, 0.6) is 11.5 Å². The van der Waals surface area contributed by atoms with E-state index in [0.29, 0.717) is 11.1 Å². The molecule has 0 spiro atoms. The second kappa shape index (κ2) is 14.4. The fourth-order valence-electron chi connectivity index (χ4n) is 6.57. The van der Waals surface area contributed by atoms with Gasteiger partial charge in [0.05, 0.1) is 12.1 Å². The van der Waals surface area contributed by atoms with Gasteiger partial charge in [0.25, 0.3) is 0 Å². The first-order valence-corrected chi connectivity index (χ1v) is 16.7. The topological polar surface area (TPSA) is 65.2 Å². The zero-order chi connectivity index (χ0) is 32.7. The van der Waals surface area contributed by atoms with Crippen molar-refractivity contribution in [1.82, 2.24) is 0 Å². The highest BCUT2D eigenvalue weighted by atomic mass is 16.3. The summed E-state index contributed by atoms with van der Waals surface area (Å²) in [5, 5.41) is 23.0. The third-order valence-electron chi connectivity index (χ3n) is 9.17. The Labute approximate surface area is 282 Å². The molecule has 0 bridgehead atoms. The third kappa shape index (κ3) is 6.84. The predicted molar refractivity (Wildman–Crippen MR) is 199 cm³/mol. The van der Waals surface area contributed by atoms with Crippen molar-refractivity contribution >= 4 is 12.4 Å². The van der Waals surface area contributed by atoms with E-state index in [-0.39, 0.29) is 23.6 Å². The van der Waals surface area contributed by atoms with Crippen molar-refractivity contribution in [3.8, 4) is 56.0 Å². The summed E-state index contributed by atoms with van der Waals surface area (Å²) in [5.74, 6) is 0.438. The summed E-state index contributed by atoms with van der Waals surface area (Å²) < 4.78 is 0. The van der Waals surface area contributed by atoms with E-state index >= 15 is 0 Å². The molecule has 1 fully saturated rings. The molecule has 236 valence electrons. The standard InChI is InChI=1S/C44H38N2O2/c47-43-37(25-35(31-15-5-1-6-16-31)27-39(43)33-19-9-3-10-20-33)29-45-41-23-13-14-24-42(41)46-30-38-26-36(32-17-7-2-8-18-32)28-40(44(38)48)34-21-11-4-12-22-34/h1-12,15-22,25-30,41-42,47-48H,13-14,23-24H2/t41-,42-/m1/s1. The zero-order valence-corrected chi connectivity index (χ0v) is 26.8. The number of phenolic OH excluding ortho intramolecular Hbond substituents is 2. The second-order valence-corrected chi connectivity index (χ2v) is 12.4. The Balaban J connectivity index is 1.23. The first kappa shape index (κ1) is 30.9. The lowest BCUT2D eigenvalue weighted by atomic mass is 9.90. The van der Waals surface area contributed by atoms with E-state index in [2.05, 4.69) is 24.3 Å². The summed E-state index contributed by atoms with van der Waals surface area (Å²) in [5.41, 5.74) is 9.04. The minimum atomic E-state index is -0.0389. The molecule has 0 radical (unpaired) electrons. The molecule has 0 amide bonds. The molecule has 6 aromatic carbocycles. The van der Waals surface area contributed by atoms with Crippen LogP contribution >= 0.6 is 0 Å². The van der Waals surface area contributed by atoms with Crippen LogP contribution in [0, 0.1) is 0 Å². The van der Waals surface area contributed by atoms with E-state index in [9.17, 15) is 10.2 Å². The van der Waals surface area contributed by atoms with Gasteiger partial charge >= 0.3 is 0 Å². The maximum Gasteiger partial charge on any atom is 0.132 e. The van der Waals surface area contributed by atoms with E-state index < -0.39 is 0 Å². The monoisotopic (exact) mass is 626 g/mol. The molecule has 0 aromatic heterocycles. The van der Waals surface area contributed by atoms with E-state index in [4.69, 9.17) is 9.98 Å². The summed E-state index contributed by atoms with van der Waals surface area (Å²) in [6.07, 6.45) is 7.63. The minimum absolute atomic E-state index is 0.0389. The van der Waals surface area contributed by atoms with Gasteiger partial charge in [0, 0.05) is 34.7 Å². The number of benzene rings is 6. The Morgan fingerprint density at radius 3 is 1.10 bits per heavy atom. The highest BCUT2D eigenvalue weighted by Crippen LogP contribution is 2.38. The van der Waals surface area contributed by atoms with Crippen LogP contribution in [0.3, 0.4) is 0 Å². The number of hydrogen-bond donors (Lipinski definition) is 2. The fourth-order valence-corrected chi connectivity index (χ4v) is 6.57. The van der Waals surface area contributed by atoms with E-state index in [1.165, 1.54) is 0 Å². The third-order valence-corrected chi connectivity index (χ3v) is 9.17. The molecule has 7 rings (SSSR count). The molecule has 4 heteroatoms. The van der Waals surface area contributed by atoms with Gasteiger partial charge in [-0.05, 0) is 70.5 Å². The summed E-state index contributed by atoms with van der Waals surface area (Å²) in [4.78, 5) is 10.1. The molecule has 0 saturated heterocycles. The Bertz CT molecular complexity index is 1890. The normalized spacial score (nSPS) is 16.4. The molecule has 4 nitrogen and oxygen atoms in total. The van der Waals surface area contributed by atoms with Gasteiger partial charge in [-0.1, -0.05) is 134 Å². The average molecular weight is 627 g/mol. The van der Waals surface area contributed by atoms with Crippen molar-refractivity contribution in [2.24, 2.45) is 9.98 Å². The van der Waals surface area contributed by atoms with Crippen LogP contribution in [0.15, 0.2) is 156 Å². The first-order chi connectivity index (χ1) is 23.6. The molecule has 6 aromatic rings. The summed E-state index contributed by atoms with van der Waals surface area (Å²) in [6.45, 7) is 0. The molecule has 1 saturated carbocycles. The summed E-state index contributed by atoms with van der Waals surface area (Å²) in [6, 6.07) is 48.5. The van der Waals surface area contributed by atoms with Gasteiger partial charge in [-0.3, -0.25) is 9.98 Å². The van der Waals surface area contributed by atoms with Gasteiger partial charge in [-0.25, -0.2) is 0 Å². The van der Waals surface area contributed by atoms with Crippen LogP contribution in [0.4, 0.5) is 0 Å². The number of phenols is 2. The molecule has 0 unspecified atom stereocenters. The van der Waals surface area contributed by atoms with E-state index in [1.54, 1.807) is 0 Å². The molecular weight excluding hydrogens is 588 g/mol. The van der Waals surface area contributed by atoms with Crippen LogP contribution in [0.1, 0.15) is 36.8 Å². The van der Waals surface area contributed by atoms with Crippen LogP contribution < -0.4 is 0 Å². The molecule has 0 heterocycles. The van der Waals surface area contributed by atoms with Crippen LogP contribution in [-0.4, -0.2) is 34.7 Å². The molecule has 1 aliphatic rings. The lowest BCUT2D eigenvalue weighted by Gasteiger charge is -2.25. The van der Waals surface area contributed by atoms with Crippen LogP contribution in [0.2, 0.25) is 0 Å². The van der Waals surface area contributed by atoms with Crippen molar-refractivity contribution in [3.05, 3.63) is 157 Å². The maximum absolute atomic E-state index is 11.5. The quantitative estimate of drug-likeness (QED) is 0.165. The molecule has 2 atom stereocenters. The van der Waals surface area contributed by atoms with E-state index in [0.717, 1.165) is 70.2 Å². The Kier molecular flexibility index (Phi) is 9.24. The van der Waals surface area contributed by atoms with Crippen LogP contribution in [0.25, 0.3) is 44.5 Å². The number of hydrogen-bond acceptors (Lipinski definition) is 4. The second-order valence-electron chi connectivity index (χ2n) is 12.4. The van der Waals surface area contributed by atoms with Gasteiger partial charge in [0.2, 0.25) is 0 Å². The molecular formula is C44H38N2O2. The number of aliphatic imine (C=N–C) groups is 2. The SMILES string of the molecule is Oc1c(C=N[C@@H]2CCCC[C@H]2N=Cc2cc(-c3ccccc3)cc(-c3ccccc3)c2O)cc(-c2ccccc2)cc1-c1ccccc1. The number of nitrogens with zero attached hydrogens (tertiary/aromatic N) is 2. The summed E-state index contributed by atoms with van der Waals surface area (Å²) >= 11 is 0. The van der Waals surface area contributed by atoms with Crippen molar-refractivity contribution in [1.29, 1.82) is 0 Å². The first-order valence-electron chi connectivity index (χ1n) is 16.7. The average Bonchev–Trinajstić information content (AvgIpc) is 3.16. The highest BCUT2D eigenvalue weighted by Gasteiger charge is 2.24. The van der Waals surface area contributed by atoms with Gasteiger partial charge in [0.15, 0.2) is 0 Å². The molecule has 0 aliphatic heterocycles. The van der Waals surface area contributed by atoms with Gasteiger partial charge in [-0.2, -0.15) is 0 Å².